The summed E-state index contributed by atoms with van der Waals surface area (Å²) in [5, 5.41) is 29.1. The lowest BCUT2D eigenvalue weighted by Gasteiger charge is -2.27. The molecule has 3 rings (SSSR count). The second kappa shape index (κ2) is 8.22. The van der Waals surface area contributed by atoms with Crippen LogP contribution in [0.3, 0.4) is 0 Å². The highest BCUT2D eigenvalue weighted by atomic mass is 127. The summed E-state index contributed by atoms with van der Waals surface area (Å²) >= 11 is -0.128. The van der Waals surface area contributed by atoms with Crippen molar-refractivity contribution in [3.05, 3.63) is 58.8 Å². The SMILES string of the molecule is OCC1=CN(CC2=C(C3=CCCCC=C3)N=ICC2)C=C(O)C1O. The van der Waals surface area contributed by atoms with Crippen molar-refractivity contribution < 1.29 is 15.3 Å². The van der Waals surface area contributed by atoms with Gasteiger partial charge in [0, 0.05) is 28.9 Å². The van der Waals surface area contributed by atoms with Gasteiger partial charge >= 0.3 is 0 Å². The molecule has 3 N–H and O–H groups in total. The topological polar surface area (TPSA) is 76.3 Å². The number of hydrogen-bond acceptors (Lipinski definition) is 5. The van der Waals surface area contributed by atoms with Crippen LogP contribution >= 0.6 is 21.0 Å². The molecule has 0 amide bonds. The summed E-state index contributed by atoms with van der Waals surface area (Å²) in [4.78, 5) is 1.84. The Morgan fingerprint density at radius 1 is 1.29 bits per heavy atom. The van der Waals surface area contributed by atoms with Gasteiger partial charge in [0.2, 0.25) is 0 Å². The molecule has 0 aromatic carbocycles. The Kier molecular flexibility index (Phi) is 6.02. The van der Waals surface area contributed by atoms with E-state index in [-0.39, 0.29) is 33.4 Å². The average Bonchev–Trinajstić information content (AvgIpc) is 2.87. The van der Waals surface area contributed by atoms with E-state index in [9.17, 15) is 15.3 Å². The molecular formula is C18H23IN2O3. The number of hydrogen-bond donors (Lipinski definition) is 3. The quantitative estimate of drug-likeness (QED) is 0.461. The van der Waals surface area contributed by atoms with Gasteiger partial charge in [-0.3, -0.25) is 0 Å². The molecule has 3 aliphatic rings. The lowest BCUT2D eigenvalue weighted by Crippen LogP contribution is -2.28. The van der Waals surface area contributed by atoms with Gasteiger partial charge in [-0.25, -0.2) is 3.15 Å². The fraction of sp³-hybridized carbons (Fsp3) is 0.444. The molecule has 0 saturated heterocycles. The molecule has 130 valence electrons. The van der Waals surface area contributed by atoms with E-state index >= 15 is 0 Å². The standard InChI is InChI=1S/C18H23IN2O3/c22-12-15-10-21(11-16(23)18(15)24)9-14-7-8-19-20-17(14)13-5-3-1-2-4-6-13/h3,5-6,10-11,18,22-24H,1-2,4,7-9,12H2. The van der Waals surface area contributed by atoms with Gasteiger partial charge in [0.1, 0.15) is 11.9 Å². The Morgan fingerprint density at radius 3 is 3.00 bits per heavy atom. The molecule has 1 aliphatic carbocycles. The molecule has 24 heavy (non-hydrogen) atoms. The molecule has 2 heterocycles. The Bertz CT molecular complexity index is 674. The molecule has 0 radical (unpaired) electrons. The summed E-state index contributed by atoms with van der Waals surface area (Å²) < 4.78 is 5.99. The van der Waals surface area contributed by atoms with Crippen molar-refractivity contribution in [2.24, 2.45) is 3.15 Å². The van der Waals surface area contributed by atoms with Gasteiger partial charge in [0.15, 0.2) is 0 Å². The van der Waals surface area contributed by atoms with Gasteiger partial charge in [0.05, 0.1) is 12.3 Å². The van der Waals surface area contributed by atoms with Crippen molar-refractivity contribution >= 4 is 21.0 Å². The fourth-order valence-corrected chi connectivity index (χ4v) is 5.08. The molecule has 1 unspecified atom stereocenters. The first-order valence-electron chi connectivity index (χ1n) is 8.23. The monoisotopic (exact) mass is 442 g/mol. The summed E-state index contributed by atoms with van der Waals surface area (Å²) in [5.41, 5.74) is 4.00. The Hall–Kier alpha value is -1.25. The van der Waals surface area contributed by atoms with Crippen molar-refractivity contribution in [2.45, 2.75) is 31.8 Å². The van der Waals surface area contributed by atoms with Crippen molar-refractivity contribution in [3.63, 3.8) is 0 Å². The molecular weight excluding hydrogens is 419 g/mol. The van der Waals surface area contributed by atoms with Crippen LogP contribution in [-0.2, 0) is 0 Å². The van der Waals surface area contributed by atoms with Crippen LogP contribution in [0.15, 0.2) is 61.9 Å². The minimum absolute atomic E-state index is 0.127. The van der Waals surface area contributed by atoms with Crippen LogP contribution in [0.25, 0.3) is 0 Å². The van der Waals surface area contributed by atoms with Gasteiger partial charge < -0.3 is 20.2 Å². The number of allylic oxidation sites excluding steroid dienone is 3. The van der Waals surface area contributed by atoms with Gasteiger partial charge in [-0.2, -0.15) is 0 Å². The molecule has 1 atom stereocenters. The van der Waals surface area contributed by atoms with Crippen LogP contribution in [0.1, 0.15) is 25.7 Å². The molecule has 0 fully saturated rings. The van der Waals surface area contributed by atoms with Gasteiger partial charge in [-0.15, -0.1) is 0 Å². The lowest BCUT2D eigenvalue weighted by molar-refractivity contribution is 0.153. The third-order valence-electron chi connectivity index (χ3n) is 4.29. The summed E-state index contributed by atoms with van der Waals surface area (Å²) in [5.74, 6) is -0.127. The molecule has 0 saturated carbocycles. The number of aliphatic hydroxyl groups excluding tert-OH is 3. The summed E-state index contributed by atoms with van der Waals surface area (Å²) in [6.45, 7) is 0.346. The first kappa shape index (κ1) is 17.6. The van der Waals surface area contributed by atoms with Crippen LogP contribution in [-0.4, -0.2) is 43.9 Å². The molecule has 0 bridgehead atoms. The van der Waals surface area contributed by atoms with E-state index in [2.05, 4.69) is 18.2 Å². The number of rotatable bonds is 4. The van der Waals surface area contributed by atoms with Crippen LogP contribution in [0.4, 0.5) is 0 Å². The van der Waals surface area contributed by atoms with Crippen molar-refractivity contribution in [3.8, 4) is 0 Å². The first-order chi connectivity index (χ1) is 11.7. The minimum Gasteiger partial charge on any atom is -0.508 e. The highest BCUT2D eigenvalue weighted by Crippen LogP contribution is 2.32. The molecule has 2 aliphatic heterocycles. The van der Waals surface area contributed by atoms with Crippen LogP contribution in [0, 0.1) is 0 Å². The normalized spacial score (nSPS) is 24.8. The zero-order valence-corrected chi connectivity index (χ0v) is 15.7. The molecule has 0 aromatic heterocycles. The maximum Gasteiger partial charge on any atom is 0.141 e. The second-order valence-corrected chi connectivity index (χ2v) is 8.32. The van der Waals surface area contributed by atoms with E-state index in [1.54, 1.807) is 6.20 Å². The van der Waals surface area contributed by atoms with E-state index in [1.165, 1.54) is 23.8 Å². The average molecular weight is 442 g/mol. The zero-order chi connectivity index (χ0) is 16.9. The third kappa shape index (κ3) is 4.04. The smallest absolute Gasteiger partial charge is 0.141 e. The highest BCUT2D eigenvalue weighted by Gasteiger charge is 2.23. The first-order valence-corrected chi connectivity index (χ1v) is 10.7. The molecule has 0 aromatic rings. The molecule has 6 heteroatoms. The largest absolute Gasteiger partial charge is 0.508 e. The summed E-state index contributed by atoms with van der Waals surface area (Å²) in [6.07, 6.45) is 13.2. The third-order valence-corrected chi connectivity index (χ3v) is 6.13. The number of nitrogens with zero attached hydrogens (tertiary/aromatic N) is 2. The molecule has 0 spiro atoms. The van der Waals surface area contributed by atoms with E-state index in [1.807, 2.05) is 4.90 Å². The van der Waals surface area contributed by atoms with Crippen LogP contribution < -0.4 is 0 Å². The predicted octanol–water partition coefficient (Wildman–Crippen LogP) is 3.42. The summed E-state index contributed by atoms with van der Waals surface area (Å²) in [7, 11) is 0. The number of alkyl halides is 1. The van der Waals surface area contributed by atoms with E-state index < -0.39 is 6.10 Å². The van der Waals surface area contributed by atoms with Gasteiger partial charge in [0.25, 0.3) is 0 Å². The second-order valence-electron chi connectivity index (χ2n) is 6.08. The van der Waals surface area contributed by atoms with Crippen LogP contribution in [0.5, 0.6) is 0 Å². The lowest BCUT2D eigenvalue weighted by atomic mass is 10.0. The maximum atomic E-state index is 9.89. The predicted molar refractivity (Wildman–Crippen MR) is 103 cm³/mol. The number of aliphatic hydroxyl groups is 3. The van der Waals surface area contributed by atoms with Gasteiger partial charge in [-0.1, -0.05) is 18.2 Å². The van der Waals surface area contributed by atoms with E-state index in [4.69, 9.17) is 3.15 Å². The number of halogens is 1. The molecule has 5 nitrogen and oxygen atoms in total. The van der Waals surface area contributed by atoms with Gasteiger partial charge in [-0.05, 0) is 57.9 Å². The summed E-state index contributed by atoms with van der Waals surface area (Å²) in [6, 6.07) is 0. The van der Waals surface area contributed by atoms with Crippen LogP contribution in [0.2, 0.25) is 0 Å². The fourth-order valence-electron chi connectivity index (χ4n) is 2.98. The minimum atomic E-state index is -1.10. The van der Waals surface area contributed by atoms with Crippen molar-refractivity contribution in [1.29, 1.82) is 0 Å². The Labute approximate surface area is 152 Å². The Balaban J connectivity index is 1.87. The van der Waals surface area contributed by atoms with E-state index in [0.29, 0.717) is 12.1 Å². The zero-order valence-electron chi connectivity index (χ0n) is 13.5. The van der Waals surface area contributed by atoms with Crippen molar-refractivity contribution in [1.82, 2.24) is 4.90 Å². The highest BCUT2D eigenvalue weighted by molar-refractivity contribution is 14.2. The maximum absolute atomic E-state index is 9.89. The Morgan fingerprint density at radius 2 is 2.17 bits per heavy atom. The van der Waals surface area contributed by atoms with Crippen molar-refractivity contribution in [2.75, 3.05) is 17.6 Å². The van der Waals surface area contributed by atoms with E-state index in [0.717, 1.165) is 29.4 Å².